The molecule has 2 rings (SSSR count). The fraction of sp³-hybridized carbons (Fsp3) is 0.125. The number of carbonyl (C=O) groups excluding carboxylic acids is 1. The minimum Gasteiger partial charge on any atom is -0.481 e. The number of nitro groups is 1. The molecule has 150 valence electrons. The van der Waals surface area contributed by atoms with Gasteiger partial charge in [-0.1, -0.05) is 12.1 Å². The Bertz CT molecular complexity index is 939. The van der Waals surface area contributed by atoms with Gasteiger partial charge in [0.1, 0.15) is 0 Å². The molecule has 1 amide bonds. The maximum absolute atomic E-state index is 10.9. The van der Waals surface area contributed by atoms with Crippen LogP contribution in [0.5, 0.6) is 5.75 Å². The Morgan fingerprint density at radius 2 is 1.82 bits per heavy atom. The fourth-order valence-corrected chi connectivity index (χ4v) is 3.33. The molecule has 0 saturated carbocycles. The summed E-state index contributed by atoms with van der Waals surface area (Å²) in [6, 6.07) is 9.10. The van der Waals surface area contributed by atoms with Crippen LogP contribution in [0.2, 0.25) is 0 Å². The topological polar surface area (TPSA) is 187 Å². The van der Waals surface area contributed by atoms with Crippen LogP contribution in [-0.2, 0) is 19.7 Å². The standard InChI is InChI=1S/C8H10AsNO5.C8H7NO4/c1-5(11)10-6-2-3-7(8(12)4-6)9(13,14)15;10-8(11)5-6-2-1-3-7(4-6)9(12)13/h2-4,12H,1H3,(H,10,11)(H2,13,14,15);1-4H,5H2,(H,10,11). The molecule has 0 bridgehead atoms. The predicted molar refractivity (Wildman–Crippen MR) is 97.4 cm³/mol. The third-order valence-electron chi connectivity index (χ3n) is 3.09. The molecule has 0 aliphatic carbocycles. The Morgan fingerprint density at radius 1 is 1.18 bits per heavy atom. The number of phenols is 1. The first-order valence-corrected chi connectivity index (χ1v) is 10.9. The Morgan fingerprint density at radius 3 is 2.29 bits per heavy atom. The number of nitro benzene ring substituents is 1. The number of phenolic OH excluding ortho intramolecular Hbond substituents is 1. The van der Waals surface area contributed by atoms with E-state index < -0.39 is 35.2 Å². The van der Waals surface area contributed by atoms with Crippen molar-refractivity contribution >= 4 is 41.8 Å². The van der Waals surface area contributed by atoms with Crippen LogP contribution in [0, 0.1) is 10.1 Å². The van der Waals surface area contributed by atoms with Gasteiger partial charge in [0.2, 0.25) is 0 Å². The van der Waals surface area contributed by atoms with Gasteiger partial charge in [-0.25, -0.2) is 0 Å². The van der Waals surface area contributed by atoms with E-state index in [1.165, 1.54) is 31.2 Å². The maximum Gasteiger partial charge on any atom is 0.307 e. The van der Waals surface area contributed by atoms with Crippen LogP contribution in [0.1, 0.15) is 12.5 Å². The summed E-state index contributed by atoms with van der Waals surface area (Å²) in [5.41, 5.74) is 0.633. The van der Waals surface area contributed by atoms with Crippen molar-refractivity contribution in [1.82, 2.24) is 0 Å². The van der Waals surface area contributed by atoms with Gasteiger partial charge < -0.3 is 5.11 Å². The van der Waals surface area contributed by atoms with Crippen LogP contribution in [0.15, 0.2) is 42.5 Å². The largest absolute Gasteiger partial charge is 0.481 e. The number of carbonyl (C=O) groups is 2. The molecule has 28 heavy (non-hydrogen) atoms. The molecule has 0 fully saturated rings. The molecular weight excluding hydrogens is 439 g/mol. The van der Waals surface area contributed by atoms with Crippen LogP contribution in [0.3, 0.4) is 0 Å². The number of rotatable bonds is 5. The van der Waals surface area contributed by atoms with Crippen molar-refractivity contribution in [1.29, 1.82) is 0 Å². The van der Waals surface area contributed by atoms with Crippen LogP contribution >= 0.6 is 0 Å². The summed E-state index contributed by atoms with van der Waals surface area (Å²) in [7, 11) is 0. The molecule has 0 heterocycles. The summed E-state index contributed by atoms with van der Waals surface area (Å²) >= 11 is -5.09. The number of hydrogen-bond acceptors (Lipinski definition) is 6. The summed E-state index contributed by atoms with van der Waals surface area (Å²) in [6.45, 7) is 1.29. The number of carboxylic acids is 1. The number of aromatic hydroxyl groups is 1. The number of benzene rings is 2. The van der Waals surface area contributed by atoms with Crippen LogP contribution in [-0.4, -0.2) is 49.4 Å². The van der Waals surface area contributed by atoms with E-state index in [0.717, 1.165) is 12.1 Å². The van der Waals surface area contributed by atoms with Crippen molar-refractivity contribution < 1.29 is 36.7 Å². The van der Waals surface area contributed by atoms with E-state index in [-0.39, 0.29) is 23.7 Å². The second-order valence-electron chi connectivity index (χ2n) is 5.43. The number of non-ortho nitro benzene ring substituents is 1. The van der Waals surface area contributed by atoms with Crippen LogP contribution in [0.25, 0.3) is 0 Å². The zero-order chi connectivity index (χ0) is 21.5. The van der Waals surface area contributed by atoms with Gasteiger partial charge in [-0.05, 0) is 5.56 Å². The van der Waals surface area contributed by atoms with E-state index in [1.54, 1.807) is 6.07 Å². The molecule has 11 nitrogen and oxygen atoms in total. The van der Waals surface area contributed by atoms with Crippen molar-refractivity contribution in [2.24, 2.45) is 0 Å². The van der Waals surface area contributed by atoms with E-state index in [0.29, 0.717) is 5.56 Å². The van der Waals surface area contributed by atoms with Gasteiger partial charge in [0, 0.05) is 12.1 Å². The number of aliphatic carboxylic acids is 1. The Hall–Kier alpha value is -3.14. The van der Waals surface area contributed by atoms with Gasteiger partial charge in [-0.2, -0.15) is 0 Å². The molecule has 5 N–H and O–H groups in total. The second kappa shape index (κ2) is 9.70. The van der Waals surface area contributed by atoms with Crippen molar-refractivity contribution in [3.05, 3.63) is 58.1 Å². The van der Waals surface area contributed by atoms with E-state index in [1.807, 2.05) is 0 Å². The van der Waals surface area contributed by atoms with Crippen LogP contribution < -0.4 is 9.67 Å². The Balaban J connectivity index is 0.000000283. The molecule has 2 aromatic rings. The summed E-state index contributed by atoms with van der Waals surface area (Å²) in [5.74, 6) is -1.85. The fourth-order valence-electron chi connectivity index (χ4n) is 2.01. The molecule has 0 saturated heterocycles. The first kappa shape index (κ1) is 22.9. The third-order valence-corrected chi connectivity index (χ3v) is 5.20. The molecule has 0 spiro atoms. The van der Waals surface area contributed by atoms with Gasteiger partial charge >= 0.3 is 94.1 Å². The smallest absolute Gasteiger partial charge is 0.307 e. The first-order chi connectivity index (χ1) is 12.9. The Labute approximate surface area is 161 Å². The van der Waals surface area contributed by atoms with Gasteiger partial charge in [-0.3, -0.25) is 14.9 Å². The van der Waals surface area contributed by atoms with Gasteiger partial charge in [0.15, 0.2) is 0 Å². The number of anilines is 1. The molecule has 0 aromatic heterocycles. The number of carboxylic acid groups (broad SMARTS) is 1. The molecular formula is C16H17AsN2O9. The average Bonchev–Trinajstić information content (AvgIpc) is 2.53. The average molecular weight is 456 g/mol. The monoisotopic (exact) mass is 456 g/mol. The normalized spacial score (nSPS) is 10.4. The van der Waals surface area contributed by atoms with Crippen molar-refractivity contribution in [2.75, 3.05) is 5.32 Å². The van der Waals surface area contributed by atoms with E-state index >= 15 is 0 Å². The third kappa shape index (κ3) is 7.62. The van der Waals surface area contributed by atoms with Crippen molar-refractivity contribution in [2.45, 2.75) is 13.3 Å². The molecule has 0 unspecified atom stereocenters. The van der Waals surface area contributed by atoms with E-state index in [9.17, 15) is 28.5 Å². The van der Waals surface area contributed by atoms with Gasteiger partial charge in [-0.15, -0.1) is 0 Å². The summed E-state index contributed by atoms with van der Waals surface area (Å²) in [5, 5.41) is 30.4. The van der Waals surface area contributed by atoms with E-state index in [4.69, 9.17) is 13.3 Å². The van der Waals surface area contributed by atoms with E-state index in [2.05, 4.69) is 5.32 Å². The zero-order valence-electron chi connectivity index (χ0n) is 14.5. The number of amides is 1. The van der Waals surface area contributed by atoms with Crippen molar-refractivity contribution in [3.63, 3.8) is 0 Å². The minimum absolute atomic E-state index is 0.0845. The van der Waals surface area contributed by atoms with Crippen molar-refractivity contribution in [3.8, 4) is 5.75 Å². The molecule has 0 aliphatic rings. The predicted octanol–water partition coefficient (Wildman–Crippen LogP) is 0.133. The molecule has 0 aliphatic heterocycles. The maximum atomic E-state index is 10.9. The summed E-state index contributed by atoms with van der Waals surface area (Å²) in [6.07, 6.45) is -0.193. The minimum atomic E-state index is -5.09. The first-order valence-electron chi connectivity index (χ1n) is 7.52. The summed E-state index contributed by atoms with van der Waals surface area (Å²) < 4.78 is 28.2. The second-order valence-corrected chi connectivity index (χ2v) is 8.72. The molecule has 2 aromatic carbocycles. The quantitative estimate of drug-likeness (QED) is 0.237. The molecule has 0 radical (unpaired) electrons. The van der Waals surface area contributed by atoms with Gasteiger partial charge in [0.05, 0.1) is 11.3 Å². The number of hydrogen-bond donors (Lipinski definition) is 5. The number of nitrogens with zero attached hydrogens (tertiary/aromatic N) is 1. The van der Waals surface area contributed by atoms with Gasteiger partial charge in [0.25, 0.3) is 5.69 Å². The van der Waals surface area contributed by atoms with Crippen LogP contribution in [0.4, 0.5) is 11.4 Å². The SMILES string of the molecule is CC(=O)Nc1ccc([As](=O)(O)O)c(O)c1.O=C(O)Cc1cccc([N+](=O)[O-])c1. The Kier molecular flexibility index (Phi) is 7.93. The zero-order valence-corrected chi connectivity index (χ0v) is 16.3. The number of nitrogens with one attached hydrogen (secondary N) is 1. The molecule has 12 heteroatoms. The summed E-state index contributed by atoms with van der Waals surface area (Å²) in [4.78, 5) is 30.7. The molecule has 0 atom stereocenters.